The van der Waals surface area contributed by atoms with Crippen LogP contribution in [0.3, 0.4) is 0 Å². The molecule has 1 aliphatic carbocycles. The van der Waals surface area contributed by atoms with Crippen molar-refractivity contribution >= 4 is 23.8 Å². The number of hydrogen-bond acceptors (Lipinski definition) is 5. The molecular formula is C32H41FN4O4. The lowest BCUT2D eigenvalue weighted by molar-refractivity contribution is -0.136. The first-order valence-electron chi connectivity index (χ1n) is 14.5. The van der Waals surface area contributed by atoms with Gasteiger partial charge in [-0.15, -0.1) is 0 Å². The summed E-state index contributed by atoms with van der Waals surface area (Å²) in [6.45, 7) is 5.16. The van der Waals surface area contributed by atoms with Crippen molar-refractivity contribution in [1.82, 2.24) is 21.3 Å². The number of nitrogens with one attached hydrogen (secondary N) is 4. The van der Waals surface area contributed by atoms with E-state index in [1.807, 2.05) is 36.4 Å². The highest BCUT2D eigenvalue weighted by Crippen LogP contribution is 2.30. The fraction of sp³-hybridized carbons (Fsp3) is 0.469. The Labute approximate surface area is 241 Å². The Morgan fingerprint density at radius 1 is 0.976 bits per heavy atom. The molecule has 2 aliphatic rings. The topological polar surface area (TPSA) is 109 Å². The largest absolute Gasteiger partial charge is 0.492 e. The first kappa shape index (κ1) is 30.2. The molecule has 1 aliphatic heterocycles. The van der Waals surface area contributed by atoms with Crippen LogP contribution in [-0.4, -0.2) is 55.0 Å². The van der Waals surface area contributed by atoms with Gasteiger partial charge in [0.25, 0.3) is 0 Å². The number of carbonyl (C=O) groups excluding carboxylic acids is 3. The minimum Gasteiger partial charge on any atom is -0.492 e. The van der Waals surface area contributed by atoms with E-state index in [1.165, 1.54) is 12.1 Å². The van der Waals surface area contributed by atoms with Crippen molar-refractivity contribution in [2.45, 2.75) is 70.0 Å². The summed E-state index contributed by atoms with van der Waals surface area (Å²) in [5.74, 6) is -0.396. The summed E-state index contributed by atoms with van der Waals surface area (Å²) in [5, 5.41) is 12.2. The van der Waals surface area contributed by atoms with E-state index < -0.39 is 17.6 Å². The molecule has 220 valence electrons. The highest BCUT2D eigenvalue weighted by atomic mass is 19.1. The van der Waals surface area contributed by atoms with E-state index in [0.29, 0.717) is 43.7 Å². The second-order valence-corrected chi connectivity index (χ2v) is 11.3. The van der Waals surface area contributed by atoms with Crippen molar-refractivity contribution in [1.29, 1.82) is 0 Å². The van der Waals surface area contributed by atoms with E-state index in [1.54, 1.807) is 12.1 Å². The number of rotatable bonds is 4. The molecule has 4 rings (SSSR count). The van der Waals surface area contributed by atoms with E-state index in [4.69, 9.17) is 4.74 Å². The Morgan fingerprint density at radius 3 is 2.44 bits per heavy atom. The van der Waals surface area contributed by atoms with Gasteiger partial charge < -0.3 is 26.0 Å². The minimum absolute atomic E-state index is 0.180. The lowest BCUT2D eigenvalue weighted by Crippen LogP contribution is -2.63. The predicted molar refractivity (Wildman–Crippen MR) is 157 cm³/mol. The second-order valence-electron chi connectivity index (χ2n) is 11.3. The van der Waals surface area contributed by atoms with E-state index in [9.17, 15) is 18.8 Å². The molecule has 0 radical (unpaired) electrons. The number of amides is 3. The molecule has 1 saturated carbocycles. The van der Waals surface area contributed by atoms with Crippen molar-refractivity contribution in [3.63, 3.8) is 0 Å². The van der Waals surface area contributed by atoms with Crippen LogP contribution in [-0.2, 0) is 20.8 Å². The van der Waals surface area contributed by atoms with Gasteiger partial charge in [-0.05, 0) is 48.9 Å². The number of benzene rings is 2. The molecule has 9 heteroatoms. The maximum atomic E-state index is 13.8. The maximum Gasteiger partial charge on any atom is 0.246 e. The van der Waals surface area contributed by atoms with Crippen LogP contribution in [0.5, 0.6) is 5.75 Å². The Bertz CT molecular complexity index is 1220. The molecule has 0 unspecified atom stereocenters. The molecule has 8 nitrogen and oxygen atoms in total. The quantitative estimate of drug-likeness (QED) is 0.455. The molecular weight excluding hydrogens is 523 g/mol. The van der Waals surface area contributed by atoms with Gasteiger partial charge in [0.05, 0.1) is 6.04 Å². The fourth-order valence-corrected chi connectivity index (χ4v) is 5.44. The second kappa shape index (κ2) is 14.3. The van der Waals surface area contributed by atoms with Gasteiger partial charge in [-0.25, -0.2) is 4.39 Å². The van der Waals surface area contributed by atoms with Gasteiger partial charge in [-0.3, -0.25) is 14.4 Å². The molecule has 4 N–H and O–H groups in total. The van der Waals surface area contributed by atoms with Crippen LogP contribution in [0.2, 0.25) is 0 Å². The molecule has 2 aromatic rings. The third-order valence-corrected chi connectivity index (χ3v) is 7.61. The van der Waals surface area contributed by atoms with Crippen LogP contribution in [0, 0.1) is 11.7 Å². The Hall–Kier alpha value is -3.72. The summed E-state index contributed by atoms with van der Waals surface area (Å²) < 4.78 is 19.6. The molecule has 0 saturated heterocycles. The van der Waals surface area contributed by atoms with Crippen molar-refractivity contribution < 1.29 is 23.5 Å². The summed E-state index contributed by atoms with van der Waals surface area (Å²) >= 11 is 0. The first-order valence-corrected chi connectivity index (χ1v) is 14.5. The lowest BCUT2D eigenvalue weighted by Gasteiger charge is -2.33. The average Bonchev–Trinajstić information content (AvgIpc) is 3.43. The van der Waals surface area contributed by atoms with E-state index >= 15 is 0 Å². The van der Waals surface area contributed by atoms with Crippen LogP contribution >= 0.6 is 0 Å². The molecule has 1 fully saturated rings. The summed E-state index contributed by atoms with van der Waals surface area (Å²) in [4.78, 5) is 40.8. The zero-order valence-electron chi connectivity index (χ0n) is 23.9. The molecule has 2 atom stereocenters. The Kier molecular flexibility index (Phi) is 10.5. The highest BCUT2D eigenvalue weighted by molar-refractivity contribution is 5.96. The average molecular weight is 565 g/mol. The summed E-state index contributed by atoms with van der Waals surface area (Å²) in [5.41, 5.74) is 0.468. The van der Waals surface area contributed by atoms with Gasteiger partial charge in [-0.2, -0.15) is 0 Å². The number of ether oxygens (including phenoxy) is 1. The Balaban J connectivity index is 1.63. The van der Waals surface area contributed by atoms with Crippen molar-refractivity contribution in [3.8, 4) is 5.75 Å². The van der Waals surface area contributed by atoms with Crippen LogP contribution in [0.4, 0.5) is 4.39 Å². The number of halogens is 1. The monoisotopic (exact) mass is 564 g/mol. The van der Waals surface area contributed by atoms with E-state index in [2.05, 4.69) is 35.1 Å². The first-order chi connectivity index (χ1) is 19.8. The number of para-hydroxylation sites is 1. The minimum atomic E-state index is -1.10. The van der Waals surface area contributed by atoms with E-state index in [-0.39, 0.29) is 42.4 Å². The van der Waals surface area contributed by atoms with E-state index in [0.717, 1.165) is 18.4 Å². The van der Waals surface area contributed by atoms with Gasteiger partial charge >= 0.3 is 0 Å². The molecule has 41 heavy (non-hydrogen) atoms. The maximum absolute atomic E-state index is 13.8. The highest BCUT2D eigenvalue weighted by Gasteiger charge is 2.44. The Morgan fingerprint density at radius 2 is 1.71 bits per heavy atom. The molecule has 2 aromatic carbocycles. The van der Waals surface area contributed by atoms with Gasteiger partial charge in [0.1, 0.15) is 29.8 Å². The number of carbonyl (C=O) groups is 3. The third-order valence-electron chi connectivity index (χ3n) is 7.61. The molecule has 0 aromatic heterocycles. The normalized spacial score (nSPS) is 23.0. The van der Waals surface area contributed by atoms with Crippen molar-refractivity contribution in [3.05, 3.63) is 71.6 Å². The molecule has 1 heterocycles. The van der Waals surface area contributed by atoms with Crippen LogP contribution in [0.15, 0.2) is 54.6 Å². The van der Waals surface area contributed by atoms with Gasteiger partial charge in [0.15, 0.2) is 0 Å². The van der Waals surface area contributed by atoms with Crippen LogP contribution in [0.25, 0.3) is 6.08 Å². The standard InChI is InChI=1S/C32H41FN4O4/c1-22(2)20-26-30(39)37-32(15-5-6-16-32)31(40)36-27(21-23-11-13-25(33)14-12-23)29(38)35-17-7-9-24-8-3-4-10-28(24)41-19-18-34-26/h3-4,7-14,22,26-27,34H,5-6,15-21H2,1-2H3,(H,35,38)(H,36,40)(H,37,39)/b9-7-/t26-,27-/m0/s1. The number of hydrogen-bond donors (Lipinski definition) is 4. The van der Waals surface area contributed by atoms with Gasteiger partial charge in [-0.1, -0.05) is 69.2 Å². The van der Waals surface area contributed by atoms with Gasteiger partial charge in [0.2, 0.25) is 17.7 Å². The summed E-state index contributed by atoms with van der Waals surface area (Å²) in [6.07, 6.45) is 7.06. The number of fused-ring (bicyclic) bond motifs is 1. The van der Waals surface area contributed by atoms with Gasteiger partial charge in [0, 0.05) is 25.1 Å². The lowest BCUT2D eigenvalue weighted by atomic mass is 9.93. The van der Waals surface area contributed by atoms with Crippen LogP contribution in [0.1, 0.15) is 57.1 Å². The van der Waals surface area contributed by atoms with Crippen molar-refractivity contribution in [2.24, 2.45) is 5.92 Å². The smallest absolute Gasteiger partial charge is 0.246 e. The zero-order valence-corrected chi connectivity index (χ0v) is 23.9. The summed E-state index contributed by atoms with van der Waals surface area (Å²) in [6, 6.07) is 12.1. The fourth-order valence-electron chi connectivity index (χ4n) is 5.44. The van der Waals surface area contributed by atoms with Crippen LogP contribution < -0.4 is 26.0 Å². The molecule has 1 spiro atoms. The molecule has 0 bridgehead atoms. The van der Waals surface area contributed by atoms with Crippen molar-refractivity contribution in [2.75, 3.05) is 19.7 Å². The zero-order chi connectivity index (χ0) is 29.2. The predicted octanol–water partition coefficient (Wildman–Crippen LogP) is 3.51. The summed E-state index contributed by atoms with van der Waals surface area (Å²) in [7, 11) is 0. The SMILES string of the molecule is CC(C)C[C@@H]1NCCOc2ccccc2/C=C\CNC(=O)[C@H](Cc2ccc(F)cc2)NC(=O)C2(CCCC2)NC1=O. The third kappa shape index (κ3) is 8.39. The molecule has 3 amide bonds.